The maximum absolute atomic E-state index is 12.8. The summed E-state index contributed by atoms with van der Waals surface area (Å²) in [6, 6.07) is 26.2. The zero-order chi connectivity index (χ0) is 26.2. The van der Waals surface area contributed by atoms with Crippen molar-refractivity contribution >= 4 is 23.1 Å². The highest BCUT2D eigenvalue weighted by Crippen LogP contribution is 2.19. The Morgan fingerprint density at radius 2 is 1.57 bits per heavy atom. The van der Waals surface area contributed by atoms with Crippen molar-refractivity contribution in [3.8, 4) is 5.75 Å². The summed E-state index contributed by atoms with van der Waals surface area (Å²) < 4.78 is 7.07. The largest absolute Gasteiger partial charge is 0.489 e. The van der Waals surface area contributed by atoms with E-state index in [1.165, 1.54) is 4.57 Å². The van der Waals surface area contributed by atoms with Crippen LogP contribution < -0.4 is 31.9 Å². The third-order valence-electron chi connectivity index (χ3n) is 5.82. The number of ether oxygens (including phenoxy) is 1. The van der Waals surface area contributed by atoms with E-state index in [1.807, 2.05) is 60.7 Å². The van der Waals surface area contributed by atoms with E-state index in [-0.39, 0.29) is 30.5 Å². The van der Waals surface area contributed by atoms with Gasteiger partial charge in [-0.1, -0.05) is 60.7 Å². The Labute approximate surface area is 214 Å². The molecule has 190 valence electrons. The molecule has 0 unspecified atom stereocenters. The van der Waals surface area contributed by atoms with Gasteiger partial charge in [0, 0.05) is 12.2 Å². The van der Waals surface area contributed by atoms with Crippen LogP contribution in [0.25, 0.3) is 0 Å². The Balaban J connectivity index is 1.43. The molecule has 0 aliphatic carbocycles. The normalized spacial score (nSPS) is 10.6. The fourth-order valence-corrected chi connectivity index (χ4v) is 3.90. The first-order valence-electron chi connectivity index (χ1n) is 11.9. The van der Waals surface area contributed by atoms with E-state index in [2.05, 4.69) is 10.3 Å². The van der Waals surface area contributed by atoms with Crippen molar-refractivity contribution in [2.75, 3.05) is 29.0 Å². The fourth-order valence-electron chi connectivity index (χ4n) is 3.90. The Hall–Kier alpha value is -4.79. The number of amides is 1. The molecule has 0 fully saturated rings. The van der Waals surface area contributed by atoms with Crippen LogP contribution in [0.5, 0.6) is 5.75 Å². The van der Waals surface area contributed by atoms with E-state index in [1.54, 1.807) is 36.1 Å². The average molecular weight is 500 g/mol. The summed E-state index contributed by atoms with van der Waals surface area (Å²) in [5.74, 6) is 0.351. The molecule has 0 radical (unpaired) electrons. The summed E-state index contributed by atoms with van der Waals surface area (Å²) in [7, 11) is 0. The van der Waals surface area contributed by atoms with Crippen LogP contribution in [0.3, 0.4) is 0 Å². The molecule has 4 aromatic rings. The van der Waals surface area contributed by atoms with E-state index in [9.17, 15) is 14.4 Å². The number of nitrogens with one attached hydrogen (secondary N) is 2. The summed E-state index contributed by atoms with van der Waals surface area (Å²) in [5.41, 5.74) is 7.62. The monoisotopic (exact) mass is 499 g/mol. The molecule has 0 saturated carbocycles. The van der Waals surface area contributed by atoms with Crippen molar-refractivity contribution in [3.05, 3.63) is 117 Å². The van der Waals surface area contributed by atoms with Crippen molar-refractivity contribution in [1.82, 2.24) is 9.55 Å². The molecule has 4 N–H and O–H groups in total. The standard InChI is InChI=1S/C28H29N5O4/c1-2-32(25-26(29)33(28(36)31-27(25)35)17-20-9-5-3-6-10-20)18-24(34)30-22-13-15-23(16-14-22)37-19-21-11-7-4-8-12-21/h3-16H,2,17-19,29H2,1H3,(H,30,34)(H,31,35,36). The van der Waals surface area contributed by atoms with Gasteiger partial charge in [0.05, 0.1) is 13.1 Å². The number of aromatic amines is 1. The van der Waals surface area contributed by atoms with Gasteiger partial charge in [0.25, 0.3) is 5.56 Å². The molecule has 0 atom stereocenters. The molecule has 0 saturated heterocycles. The second-order valence-corrected chi connectivity index (χ2v) is 8.43. The highest BCUT2D eigenvalue weighted by atomic mass is 16.5. The minimum absolute atomic E-state index is 0.00664. The quantitative estimate of drug-likeness (QED) is 0.308. The van der Waals surface area contributed by atoms with Gasteiger partial charge in [-0.3, -0.25) is 19.1 Å². The van der Waals surface area contributed by atoms with E-state index >= 15 is 0 Å². The summed E-state index contributed by atoms with van der Waals surface area (Å²) in [4.78, 5) is 41.8. The Bertz CT molecular complexity index is 1450. The minimum atomic E-state index is -0.638. The lowest BCUT2D eigenvalue weighted by Crippen LogP contribution is -2.41. The Morgan fingerprint density at radius 3 is 2.19 bits per heavy atom. The van der Waals surface area contributed by atoms with E-state index in [4.69, 9.17) is 10.5 Å². The Kier molecular flexibility index (Phi) is 8.05. The maximum Gasteiger partial charge on any atom is 0.330 e. The number of H-pyrrole nitrogens is 1. The second kappa shape index (κ2) is 11.8. The van der Waals surface area contributed by atoms with Crippen molar-refractivity contribution in [3.63, 3.8) is 0 Å². The van der Waals surface area contributed by atoms with Crippen LogP contribution in [-0.4, -0.2) is 28.5 Å². The third kappa shape index (κ3) is 6.46. The smallest absolute Gasteiger partial charge is 0.330 e. The molecular weight excluding hydrogens is 470 g/mol. The van der Waals surface area contributed by atoms with Crippen LogP contribution in [0.1, 0.15) is 18.1 Å². The first kappa shape index (κ1) is 25.3. The molecule has 3 aromatic carbocycles. The SMILES string of the molecule is CCN(CC(=O)Nc1ccc(OCc2ccccc2)cc1)c1c(N)n(Cc2ccccc2)c(=O)[nH]c1=O. The number of carbonyl (C=O) groups is 1. The summed E-state index contributed by atoms with van der Waals surface area (Å²) >= 11 is 0. The van der Waals surface area contributed by atoms with Gasteiger partial charge < -0.3 is 20.7 Å². The number of benzene rings is 3. The van der Waals surface area contributed by atoms with Crippen LogP contribution in [0.2, 0.25) is 0 Å². The highest BCUT2D eigenvalue weighted by Gasteiger charge is 2.20. The highest BCUT2D eigenvalue weighted by molar-refractivity contribution is 5.94. The molecule has 0 bridgehead atoms. The molecule has 37 heavy (non-hydrogen) atoms. The zero-order valence-electron chi connectivity index (χ0n) is 20.5. The van der Waals surface area contributed by atoms with Crippen LogP contribution in [-0.2, 0) is 17.9 Å². The van der Waals surface area contributed by atoms with E-state index in [0.29, 0.717) is 24.6 Å². The van der Waals surface area contributed by atoms with Gasteiger partial charge in [0.1, 0.15) is 23.9 Å². The average Bonchev–Trinajstić information content (AvgIpc) is 2.91. The van der Waals surface area contributed by atoms with Crippen LogP contribution >= 0.6 is 0 Å². The summed E-state index contributed by atoms with van der Waals surface area (Å²) in [6.07, 6.45) is 0. The number of nitrogens with two attached hydrogens (primary N) is 1. The van der Waals surface area contributed by atoms with E-state index < -0.39 is 11.2 Å². The molecule has 0 aliphatic rings. The maximum atomic E-state index is 12.8. The molecule has 0 spiro atoms. The van der Waals surface area contributed by atoms with Gasteiger partial charge in [-0.15, -0.1) is 0 Å². The number of likely N-dealkylation sites (N-methyl/N-ethyl adjacent to an activating group) is 1. The first-order valence-corrected chi connectivity index (χ1v) is 11.9. The number of aromatic nitrogens is 2. The zero-order valence-corrected chi connectivity index (χ0v) is 20.5. The molecule has 1 amide bonds. The lowest BCUT2D eigenvalue weighted by molar-refractivity contribution is -0.115. The number of nitrogens with zero attached hydrogens (tertiary/aromatic N) is 2. The number of carbonyl (C=O) groups excluding carboxylic acids is 1. The molecule has 4 rings (SSSR count). The van der Waals surface area contributed by atoms with Crippen molar-refractivity contribution < 1.29 is 9.53 Å². The molecular formula is C28H29N5O4. The predicted molar refractivity (Wildman–Crippen MR) is 145 cm³/mol. The summed E-state index contributed by atoms with van der Waals surface area (Å²) in [5, 5.41) is 2.82. The lowest BCUT2D eigenvalue weighted by atomic mass is 10.2. The van der Waals surface area contributed by atoms with Crippen LogP contribution in [0.4, 0.5) is 17.2 Å². The second-order valence-electron chi connectivity index (χ2n) is 8.43. The number of hydrogen-bond donors (Lipinski definition) is 3. The predicted octanol–water partition coefficient (Wildman–Crippen LogP) is 3.21. The molecule has 9 heteroatoms. The number of rotatable bonds is 10. The first-order chi connectivity index (χ1) is 17.9. The topological polar surface area (TPSA) is 122 Å². The molecule has 9 nitrogen and oxygen atoms in total. The van der Waals surface area contributed by atoms with Crippen molar-refractivity contribution in [1.29, 1.82) is 0 Å². The Morgan fingerprint density at radius 1 is 0.946 bits per heavy atom. The summed E-state index contributed by atoms with van der Waals surface area (Å²) in [6.45, 7) is 2.64. The number of anilines is 3. The van der Waals surface area contributed by atoms with E-state index in [0.717, 1.165) is 11.1 Å². The molecule has 1 heterocycles. The van der Waals surface area contributed by atoms with Crippen molar-refractivity contribution in [2.45, 2.75) is 20.1 Å². The number of hydrogen-bond acceptors (Lipinski definition) is 6. The minimum Gasteiger partial charge on any atom is -0.489 e. The third-order valence-corrected chi connectivity index (χ3v) is 5.82. The lowest BCUT2D eigenvalue weighted by Gasteiger charge is -2.24. The van der Waals surface area contributed by atoms with Gasteiger partial charge in [0.2, 0.25) is 5.91 Å². The van der Waals surface area contributed by atoms with Gasteiger partial charge in [0.15, 0.2) is 0 Å². The molecule has 0 aliphatic heterocycles. The van der Waals surface area contributed by atoms with Gasteiger partial charge in [-0.2, -0.15) is 0 Å². The molecule has 1 aromatic heterocycles. The van der Waals surface area contributed by atoms with Crippen molar-refractivity contribution in [2.24, 2.45) is 0 Å². The van der Waals surface area contributed by atoms with Gasteiger partial charge >= 0.3 is 5.69 Å². The van der Waals surface area contributed by atoms with Gasteiger partial charge in [-0.25, -0.2) is 4.79 Å². The van der Waals surface area contributed by atoms with Crippen LogP contribution in [0, 0.1) is 0 Å². The van der Waals surface area contributed by atoms with Crippen LogP contribution in [0.15, 0.2) is 94.5 Å². The number of nitrogen functional groups attached to an aromatic ring is 1. The fraction of sp³-hybridized carbons (Fsp3) is 0.179. The van der Waals surface area contributed by atoms with Gasteiger partial charge in [-0.05, 0) is 42.3 Å².